The van der Waals surface area contributed by atoms with E-state index in [4.69, 9.17) is 47.4 Å². The fourth-order valence-corrected chi connectivity index (χ4v) is 13.1. The molecule has 3 aliphatic heterocycles. The molecule has 3 heterocycles. The lowest BCUT2D eigenvalue weighted by Crippen LogP contribution is -2.52. The van der Waals surface area contributed by atoms with E-state index in [1.54, 1.807) is 9.80 Å². The van der Waals surface area contributed by atoms with Crippen molar-refractivity contribution < 1.29 is 85.7 Å². The number of hydrogen-bond donors (Lipinski definition) is 0. The average Bonchev–Trinajstić information content (AvgIpc) is 0.787. The summed E-state index contributed by atoms with van der Waals surface area (Å²) in [5, 5.41) is 0. The fourth-order valence-electron chi connectivity index (χ4n) is 13.1. The van der Waals surface area contributed by atoms with Crippen LogP contribution in [0.1, 0.15) is 92.1 Å². The minimum Gasteiger partial charge on any atom is -0.463 e. The number of esters is 4. The topological polar surface area (TPSA) is 255 Å². The summed E-state index contributed by atoms with van der Waals surface area (Å²) in [5.74, 6) is -1.71. The highest BCUT2D eigenvalue weighted by molar-refractivity contribution is 6.04. The van der Waals surface area contributed by atoms with Gasteiger partial charge in [-0.1, -0.05) is 51.3 Å². The van der Waals surface area contributed by atoms with E-state index in [9.17, 15) is 38.4 Å². The monoisotopic (exact) mass is 1470 g/mol. The molecular formula is C80H112N8O18. The molecule has 0 radical (unpaired) electrons. The molecular weight excluding hydrogens is 1360 g/mol. The Bertz CT molecular complexity index is 3170. The second-order valence-electron chi connectivity index (χ2n) is 26.7. The Hall–Kier alpha value is -8.28. The van der Waals surface area contributed by atoms with Crippen LogP contribution in [0.5, 0.6) is 0 Å². The summed E-state index contributed by atoms with van der Waals surface area (Å²) in [6.07, 6.45) is 4.78. The standard InChI is InChI=1S/C80H112N8O18/c1-9-71(89)103-57-53-99-49-45-97-47-51-101-55-59-105-73(91)29-31-83-33-37-85(38-34-83)69-25-21-65(22-26-69)75(93)79(11-3,81(5)6)61-63-13-17-67(18-14-63)77(95)87-41-43-88(44-42-87)78(96)68-19-15-64(16-20-68)62-80(12-4,82(7)8)76(94)66-23-27-70(28-24-66)86-39-35-84(36-40-86)32-30-74(92)106-60-56-102-52-48-98-46-50-100-54-58-104-72(90)10-2/h9-10,13-28H,1-2,11-12,29-62H2,3-8H3. The molecule has 2 unspecified atom stereocenters. The Balaban J connectivity index is 0.775. The van der Waals surface area contributed by atoms with E-state index in [-0.39, 0.29) is 101 Å². The van der Waals surface area contributed by atoms with Crippen LogP contribution in [0.4, 0.5) is 11.4 Å². The summed E-state index contributed by atoms with van der Waals surface area (Å²) in [4.78, 5) is 121. The van der Waals surface area contributed by atoms with Gasteiger partial charge in [0.25, 0.3) is 11.8 Å². The highest BCUT2D eigenvalue weighted by Gasteiger charge is 2.41. The van der Waals surface area contributed by atoms with E-state index in [1.165, 1.54) is 0 Å². The van der Waals surface area contributed by atoms with Crippen LogP contribution in [0.25, 0.3) is 0 Å². The average molecular weight is 1470 g/mol. The van der Waals surface area contributed by atoms with Crippen LogP contribution in [-0.4, -0.2) is 313 Å². The van der Waals surface area contributed by atoms with Crippen LogP contribution in [-0.2, 0) is 79.4 Å². The molecule has 0 bridgehead atoms. The Labute approximate surface area is 625 Å². The second kappa shape index (κ2) is 45.4. The number of carbonyl (C=O) groups is 8. The first-order valence-electron chi connectivity index (χ1n) is 37.0. The number of Topliss-reactive ketones (excluding diaryl/α,β-unsaturated/α-hetero) is 2. The van der Waals surface area contributed by atoms with Crippen molar-refractivity contribution in [3.05, 3.63) is 156 Å². The Morgan fingerprint density at radius 1 is 0.368 bits per heavy atom. The molecule has 4 aromatic rings. The highest BCUT2D eigenvalue weighted by Crippen LogP contribution is 2.32. The molecule has 0 aromatic heterocycles. The number of ether oxygens (including phenoxy) is 10. The molecule has 2 atom stereocenters. The van der Waals surface area contributed by atoms with Gasteiger partial charge in [0.2, 0.25) is 0 Å². The SMILES string of the molecule is C=CC(=O)OCCOCCOCCOCCOC(=O)CCN1CCN(c2ccc(C(=O)C(CC)(Cc3ccc(C(=O)N4CCN(C(=O)c5ccc(CC(CC)(C(=O)c6ccc(N7CCN(CCC(=O)OCCOCCOCCOCCOC(=O)C=C)CC7)cc6)N(C)C)cc5)CC4)cc3)N(C)C)cc2)CC1. The first-order valence-corrected chi connectivity index (χ1v) is 37.0. The van der Waals surface area contributed by atoms with Gasteiger partial charge < -0.3 is 67.0 Å². The van der Waals surface area contributed by atoms with Crippen LogP contribution >= 0.6 is 0 Å². The molecule has 4 aromatic carbocycles. The molecule has 26 heteroatoms. The number of nitrogens with zero attached hydrogens (tertiary/aromatic N) is 8. The maximum Gasteiger partial charge on any atom is 0.330 e. The first-order chi connectivity index (χ1) is 51.3. The zero-order chi connectivity index (χ0) is 76.1. The first kappa shape index (κ1) is 85.0. The number of rotatable bonds is 48. The number of carbonyl (C=O) groups excluding carboxylic acids is 8. The molecule has 3 saturated heterocycles. The van der Waals surface area contributed by atoms with Crippen LogP contribution in [0, 0.1) is 0 Å². The Morgan fingerprint density at radius 2 is 0.642 bits per heavy atom. The van der Waals surface area contributed by atoms with Crippen molar-refractivity contribution in [1.82, 2.24) is 29.4 Å². The molecule has 3 fully saturated rings. The van der Waals surface area contributed by atoms with E-state index < -0.39 is 23.0 Å². The van der Waals surface area contributed by atoms with Gasteiger partial charge in [0.15, 0.2) is 11.6 Å². The van der Waals surface area contributed by atoms with Crippen molar-refractivity contribution in [3.8, 4) is 0 Å². The summed E-state index contributed by atoms with van der Waals surface area (Å²) in [6.45, 7) is 24.3. The van der Waals surface area contributed by atoms with Gasteiger partial charge in [-0.05, 0) is 138 Å². The lowest BCUT2D eigenvalue weighted by atomic mass is 9.80. The van der Waals surface area contributed by atoms with Crippen LogP contribution in [0.2, 0.25) is 0 Å². The number of likely N-dealkylation sites (N-methyl/N-ethyl adjacent to an activating group) is 2. The molecule has 2 amide bonds. The van der Waals surface area contributed by atoms with Crippen molar-refractivity contribution in [1.29, 1.82) is 0 Å². The van der Waals surface area contributed by atoms with Gasteiger partial charge in [-0.15, -0.1) is 0 Å². The summed E-state index contributed by atoms with van der Waals surface area (Å²) in [5.41, 5.74) is 4.57. The molecule has 7 rings (SSSR count). The number of anilines is 2. The van der Waals surface area contributed by atoms with E-state index in [0.29, 0.717) is 140 Å². The van der Waals surface area contributed by atoms with Crippen LogP contribution < -0.4 is 9.80 Å². The van der Waals surface area contributed by atoms with Crippen LogP contribution in [0.15, 0.2) is 122 Å². The van der Waals surface area contributed by atoms with Gasteiger partial charge in [0.05, 0.1) is 103 Å². The summed E-state index contributed by atoms with van der Waals surface area (Å²) < 4.78 is 52.9. The predicted molar refractivity (Wildman–Crippen MR) is 403 cm³/mol. The van der Waals surface area contributed by atoms with Gasteiger partial charge >= 0.3 is 23.9 Å². The normalized spacial score (nSPS) is 15.5. The number of amides is 2. The van der Waals surface area contributed by atoms with Crippen molar-refractivity contribution in [2.75, 3.05) is 235 Å². The van der Waals surface area contributed by atoms with Gasteiger partial charge in [-0.3, -0.25) is 48.4 Å². The molecule has 26 nitrogen and oxygen atoms in total. The number of hydrogen-bond acceptors (Lipinski definition) is 24. The van der Waals surface area contributed by atoms with Gasteiger partial charge in [-0.2, -0.15) is 0 Å². The summed E-state index contributed by atoms with van der Waals surface area (Å²) in [6, 6.07) is 30.8. The molecule has 0 saturated carbocycles. The number of benzene rings is 4. The lowest BCUT2D eigenvalue weighted by molar-refractivity contribution is -0.146. The minimum absolute atomic E-state index is 0.0205. The van der Waals surface area contributed by atoms with Gasteiger partial charge in [-0.25, -0.2) is 9.59 Å². The summed E-state index contributed by atoms with van der Waals surface area (Å²) >= 11 is 0. The quantitative estimate of drug-likeness (QED) is 0.0156. The van der Waals surface area contributed by atoms with E-state index in [1.807, 2.05) is 149 Å². The molecule has 3 aliphatic rings. The van der Waals surface area contributed by atoms with Gasteiger partial charge in [0, 0.05) is 137 Å². The summed E-state index contributed by atoms with van der Waals surface area (Å²) in [7, 11) is 7.75. The van der Waals surface area contributed by atoms with Crippen molar-refractivity contribution in [2.45, 2.75) is 63.5 Å². The Morgan fingerprint density at radius 3 is 0.915 bits per heavy atom. The minimum atomic E-state index is -0.841. The maximum atomic E-state index is 14.6. The third-order valence-electron chi connectivity index (χ3n) is 19.7. The number of piperazine rings is 3. The second-order valence-corrected chi connectivity index (χ2v) is 26.7. The van der Waals surface area contributed by atoms with Crippen LogP contribution in [0.3, 0.4) is 0 Å². The zero-order valence-electron chi connectivity index (χ0n) is 63.2. The van der Waals surface area contributed by atoms with Crippen molar-refractivity contribution >= 4 is 58.6 Å². The van der Waals surface area contributed by atoms with E-state index in [0.717, 1.165) is 87.0 Å². The zero-order valence-corrected chi connectivity index (χ0v) is 63.2. The molecule has 580 valence electrons. The predicted octanol–water partition coefficient (Wildman–Crippen LogP) is 6.23. The molecule has 0 N–H and O–H groups in total. The lowest BCUT2D eigenvalue weighted by Gasteiger charge is -2.38. The highest BCUT2D eigenvalue weighted by atomic mass is 16.6. The van der Waals surface area contributed by atoms with Crippen molar-refractivity contribution in [3.63, 3.8) is 0 Å². The maximum absolute atomic E-state index is 14.6. The number of ketones is 2. The van der Waals surface area contributed by atoms with Gasteiger partial charge in [0.1, 0.15) is 26.4 Å². The molecule has 0 spiro atoms. The van der Waals surface area contributed by atoms with E-state index >= 15 is 0 Å². The molecule has 0 aliphatic carbocycles. The van der Waals surface area contributed by atoms with E-state index in [2.05, 4.69) is 32.8 Å². The van der Waals surface area contributed by atoms with Crippen molar-refractivity contribution in [2.24, 2.45) is 0 Å². The molecule has 106 heavy (non-hydrogen) atoms. The fraction of sp³-hybridized carbons (Fsp3) is 0.550. The Kier molecular flexibility index (Phi) is 36.4. The third-order valence-corrected chi connectivity index (χ3v) is 19.7. The third kappa shape index (κ3) is 26.6. The smallest absolute Gasteiger partial charge is 0.330 e. The largest absolute Gasteiger partial charge is 0.463 e.